The smallest absolute Gasteiger partial charge is 0.0443 e. The van der Waals surface area contributed by atoms with E-state index in [0.29, 0.717) is 5.92 Å². The van der Waals surface area contributed by atoms with E-state index in [1.165, 1.54) is 48.9 Å². The number of benzene rings is 2. The summed E-state index contributed by atoms with van der Waals surface area (Å²) >= 11 is 6.62. The molecule has 134 valence electrons. The molecule has 2 aromatic carbocycles. The van der Waals surface area contributed by atoms with Crippen molar-refractivity contribution in [3.63, 3.8) is 0 Å². The van der Waals surface area contributed by atoms with E-state index in [-0.39, 0.29) is 0 Å². The Balaban J connectivity index is 1.55. The van der Waals surface area contributed by atoms with Crippen molar-refractivity contribution >= 4 is 17.3 Å². The number of para-hydroxylation sites is 1. The van der Waals surface area contributed by atoms with Gasteiger partial charge in [0, 0.05) is 23.8 Å². The van der Waals surface area contributed by atoms with Crippen molar-refractivity contribution in [2.45, 2.75) is 57.8 Å². The second kappa shape index (κ2) is 9.29. The zero-order valence-corrected chi connectivity index (χ0v) is 16.1. The van der Waals surface area contributed by atoms with Gasteiger partial charge in [-0.15, -0.1) is 0 Å². The third-order valence-electron chi connectivity index (χ3n) is 5.51. The van der Waals surface area contributed by atoms with Crippen LogP contribution < -0.4 is 4.90 Å². The Morgan fingerprint density at radius 2 is 1.76 bits per heavy atom. The van der Waals surface area contributed by atoms with E-state index in [2.05, 4.69) is 60.4 Å². The maximum atomic E-state index is 6.62. The summed E-state index contributed by atoms with van der Waals surface area (Å²) in [6.07, 6.45) is 8.96. The molecule has 1 aliphatic rings. The minimum Gasteiger partial charge on any atom is -0.372 e. The number of nitrogens with zero attached hydrogens (tertiary/aromatic N) is 1. The lowest BCUT2D eigenvalue weighted by atomic mass is 9.84. The van der Waals surface area contributed by atoms with Gasteiger partial charge in [0.15, 0.2) is 0 Å². The molecular weight excluding hydrogens is 326 g/mol. The van der Waals surface area contributed by atoms with Gasteiger partial charge in [0.1, 0.15) is 0 Å². The largest absolute Gasteiger partial charge is 0.372 e. The van der Waals surface area contributed by atoms with Crippen molar-refractivity contribution in [3.05, 3.63) is 64.7 Å². The Hall–Kier alpha value is -1.47. The summed E-state index contributed by atoms with van der Waals surface area (Å²) < 4.78 is 0. The zero-order valence-electron chi connectivity index (χ0n) is 15.4. The molecule has 0 amide bonds. The molecule has 0 atom stereocenters. The Bertz CT molecular complexity index is 646. The summed E-state index contributed by atoms with van der Waals surface area (Å²) in [6, 6.07) is 17.5. The maximum absolute atomic E-state index is 6.62. The van der Waals surface area contributed by atoms with E-state index in [1.807, 2.05) is 0 Å². The molecule has 3 rings (SSSR count). The number of hydrogen-bond acceptors (Lipinski definition) is 1. The summed E-state index contributed by atoms with van der Waals surface area (Å²) in [5.41, 5.74) is 4.06. The van der Waals surface area contributed by atoms with Crippen molar-refractivity contribution in [1.29, 1.82) is 0 Å². The van der Waals surface area contributed by atoms with Crippen molar-refractivity contribution in [2.24, 2.45) is 0 Å². The molecule has 1 saturated carbocycles. The van der Waals surface area contributed by atoms with Crippen molar-refractivity contribution in [1.82, 2.24) is 0 Å². The Morgan fingerprint density at radius 1 is 1.00 bits per heavy atom. The standard InChI is InChI=1S/C23H30ClN/c1-2-25(21-13-7-4-8-14-21)17-9-10-19-15-16-22(23(24)18-19)20-11-5-3-6-12-20/h4,7-8,13-16,18,20H,2-3,5-6,9-12,17H2,1H3. The molecule has 2 aromatic rings. The summed E-state index contributed by atoms with van der Waals surface area (Å²) in [5.74, 6) is 0.684. The lowest BCUT2D eigenvalue weighted by molar-refractivity contribution is 0.443. The lowest BCUT2D eigenvalue weighted by Gasteiger charge is -2.24. The number of anilines is 1. The molecule has 0 bridgehead atoms. The SMILES string of the molecule is CCN(CCCc1ccc(C2CCCCC2)c(Cl)c1)c1ccccc1. The Kier molecular flexibility index (Phi) is 6.81. The molecule has 0 unspecified atom stereocenters. The molecule has 0 saturated heterocycles. The molecule has 0 aromatic heterocycles. The highest BCUT2D eigenvalue weighted by Crippen LogP contribution is 2.36. The summed E-state index contributed by atoms with van der Waals surface area (Å²) in [7, 11) is 0. The van der Waals surface area contributed by atoms with E-state index in [4.69, 9.17) is 11.6 Å². The molecular formula is C23H30ClN. The summed E-state index contributed by atoms with van der Waals surface area (Å²) in [4.78, 5) is 2.44. The molecule has 0 aliphatic heterocycles. The maximum Gasteiger partial charge on any atom is 0.0443 e. The molecule has 1 aliphatic carbocycles. The Labute approximate surface area is 158 Å². The molecule has 1 fully saturated rings. The normalized spacial score (nSPS) is 15.3. The molecule has 0 heterocycles. The lowest BCUT2D eigenvalue weighted by Crippen LogP contribution is -2.24. The fourth-order valence-electron chi connectivity index (χ4n) is 4.05. The van der Waals surface area contributed by atoms with Crippen LogP contribution in [0.3, 0.4) is 0 Å². The van der Waals surface area contributed by atoms with Crippen molar-refractivity contribution in [2.75, 3.05) is 18.0 Å². The van der Waals surface area contributed by atoms with Crippen molar-refractivity contribution in [3.8, 4) is 0 Å². The topological polar surface area (TPSA) is 3.24 Å². The third kappa shape index (κ3) is 5.01. The second-order valence-corrected chi connectivity index (χ2v) is 7.62. The average molecular weight is 356 g/mol. The first-order valence-corrected chi connectivity index (χ1v) is 10.2. The van der Waals surface area contributed by atoms with E-state index in [9.17, 15) is 0 Å². The van der Waals surface area contributed by atoms with Gasteiger partial charge in [0.25, 0.3) is 0 Å². The fourth-order valence-corrected chi connectivity index (χ4v) is 4.41. The monoisotopic (exact) mass is 355 g/mol. The van der Waals surface area contributed by atoms with Crippen LogP contribution in [0.25, 0.3) is 0 Å². The van der Waals surface area contributed by atoms with Crippen LogP contribution in [-0.4, -0.2) is 13.1 Å². The molecule has 0 N–H and O–H groups in total. The van der Waals surface area contributed by atoms with Crippen LogP contribution in [0.1, 0.15) is 62.5 Å². The molecule has 0 spiro atoms. The van der Waals surface area contributed by atoms with Gasteiger partial charge < -0.3 is 4.90 Å². The van der Waals surface area contributed by atoms with E-state index in [1.54, 1.807) is 0 Å². The summed E-state index contributed by atoms with van der Waals surface area (Å²) in [5, 5.41) is 0.986. The van der Waals surface area contributed by atoms with Gasteiger partial charge >= 0.3 is 0 Å². The zero-order chi connectivity index (χ0) is 17.5. The first-order valence-electron chi connectivity index (χ1n) is 9.86. The van der Waals surface area contributed by atoms with Crippen LogP contribution in [0.2, 0.25) is 5.02 Å². The second-order valence-electron chi connectivity index (χ2n) is 7.21. The van der Waals surface area contributed by atoms with Crippen LogP contribution in [0.5, 0.6) is 0 Å². The fraction of sp³-hybridized carbons (Fsp3) is 0.478. The first kappa shape index (κ1) is 18.3. The summed E-state index contributed by atoms with van der Waals surface area (Å²) in [6.45, 7) is 4.36. The van der Waals surface area contributed by atoms with Gasteiger partial charge in [0.05, 0.1) is 0 Å². The molecule has 2 heteroatoms. The van der Waals surface area contributed by atoms with Crippen LogP contribution in [-0.2, 0) is 6.42 Å². The number of rotatable bonds is 7. The van der Waals surface area contributed by atoms with Gasteiger partial charge in [-0.05, 0) is 67.9 Å². The third-order valence-corrected chi connectivity index (χ3v) is 5.83. The van der Waals surface area contributed by atoms with Crippen LogP contribution in [0.15, 0.2) is 48.5 Å². The average Bonchev–Trinajstić information content (AvgIpc) is 2.67. The molecule has 25 heavy (non-hydrogen) atoms. The van der Waals surface area contributed by atoms with Gasteiger partial charge in [-0.2, -0.15) is 0 Å². The van der Waals surface area contributed by atoms with Gasteiger partial charge in [-0.1, -0.05) is 61.2 Å². The van der Waals surface area contributed by atoms with Gasteiger partial charge in [0.2, 0.25) is 0 Å². The quantitative estimate of drug-likeness (QED) is 0.525. The van der Waals surface area contributed by atoms with Crippen LogP contribution >= 0.6 is 11.6 Å². The van der Waals surface area contributed by atoms with E-state index < -0.39 is 0 Å². The highest BCUT2D eigenvalue weighted by molar-refractivity contribution is 6.31. The van der Waals surface area contributed by atoms with Crippen LogP contribution in [0, 0.1) is 0 Å². The number of hydrogen-bond donors (Lipinski definition) is 0. The predicted molar refractivity (Wildman–Crippen MR) is 110 cm³/mol. The number of aryl methyl sites for hydroxylation is 1. The number of halogens is 1. The van der Waals surface area contributed by atoms with Gasteiger partial charge in [-0.3, -0.25) is 0 Å². The first-order chi connectivity index (χ1) is 12.3. The Morgan fingerprint density at radius 3 is 2.44 bits per heavy atom. The highest BCUT2D eigenvalue weighted by atomic mass is 35.5. The predicted octanol–water partition coefficient (Wildman–Crippen LogP) is 6.85. The van der Waals surface area contributed by atoms with Gasteiger partial charge in [-0.25, -0.2) is 0 Å². The molecule has 0 radical (unpaired) electrons. The van der Waals surface area contributed by atoms with E-state index >= 15 is 0 Å². The minimum atomic E-state index is 0.684. The molecule has 1 nitrogen and oxygen atoms in total. The minimum absolute atomic E-state index is 0.684. The van der Waals surface area contributed by atoms with Crippen LogP contribution in [0.4, 0.5) is 5.69 Å². The highest BCUT2D eigenvalue weighted by Gasteiger charge is 2.18. The van der Waals surface area contributed by atoms with Crippen molar-refractivity contribution < 1.29 is 0 Å². The van der Waals surface area contributed by atoms with E-state index in [0.717, 1.165) is 31.0 Å².